The van der Waals surface area contributed by atoms with Crippen molar-refractivity contribution in [3.8, 4) is 0 Å². The number of aryl methyl sites for hydroxylation is 1. The molecule has 2 rings (SSSR count). The maximum Gasteiger partial charge on any atom is 0.237 e. The number of carbonyl (C=O) groups is 1. The third-order valence-corrected chi connectivity index (χ3v) is 3.85. The third-order valence-electron chi connectivity index (χ3n) is 3.85. The summed E-state index contributed by atoms with van der Waals surface area (Å²) in [5.74, 6) is 2.12. The van der Waals surface area contributed by atoms with E-state index < -0.39 is 6.04 Å². The number of amides is 1. The fourth-order valence-electron chi connectivity index (χ4n) is 2.45. The van der Waals surface area contributed by atoms with Gasteiger partial charge in [0.05, 0.1) is 6.04 Å². The Labute approximate surface area is 120 Å². The minimum atomic E-state index is -0.439. The molecule has 0 saturated carbocycles. The molecule has 1 aliphatic heterocycles. The smallest absolute Gasteiger partial charge is 0.237 e. The highest BCUT2D eigenvalue weighted by molar-refractivity contribution is 5.81. The van der Waals surface area contributed by atoms with Crippen molar-refractivity contribution in [1.82, 2.24) is 20.1 Å². The van der Waals surface area contributed by atoms with Crippen LogP contribution in [0.1, 0.15) is 44.8 Å². The van der Waals surface area contributed by atoms with Crippen molar-refractivity contribution in [3.63, 3.8) is 0 Å². The Morgan fingerprint density at radius 1 is 1.35 bits per heavy atom. The molecule has 0 unspecified atom stereocenters. The molecule has 3 N–H and O–H groups in total. The molecule has 1 amide bonds. The molecule has 0 spiro atoms. The lowest BCUT2D eigenvalue weighted by atomic mass is 10.1. The summed E-state index contributed by atoms with van der Waals surface area (Å²) < 4.78 is 2.21. The molecule has 0 bridgehead atoms. The predicted molar refractivity (Wildman–Crippen MR) is 77.1 cm³/mol. The number of nitrogens with two attached hydrogens (primary N) is 1. The van der Waals surface area contributed by atoms with Crippen LogP contribution in [0.4, 0.5) is 0 Å². The van der Waals surface area contributed by atoms with Crippen molar-refractivity contribution in [1.29, 1.82) is 0 Å². The second-order valence-electron chi connectivity index (χ2n) is 5.81. The lowest BCUT2D eigenvalue weighted by Gasteiger charge is -2.15. The first kappa shape index (κ1) is 15.0. The van der Waals surface area contributed by atoms with Gasteiger partial charge in [0.2, 0.25) is 5.91 Å². The van der Waals surface area contributed by atoms with Crippen molar-refractivity contribution < 1.29 is 4.79 Å². The number of aromatic nitrogens is 3. The fourth-order valence-corrected chi connectivity index (χ4v) is 2.45. The van der Waals surface area contributed by atoms with Gasteiger partial charge >= 0.3 is 0 Å². The molecular formula is C14H25N5O. The van der Waals surface area contributed by atoms with E-state index in [2.05, 4.69) is 20.1 Å². The molecule has 20 heavy (non-hydrogen) atoms. The Hall–Kier alpha value is -1.43. The van der Waals surface area contributed by atoms with Crippen LogP contribution >= 0.6 is 0 Å². The van der Waals surface area contributed by atoms with Crippen LogP contribution in [0.25, 0.3) is 0 Å². The van der Waals surface area contributed by atoms with Gasteiger partial charge < -0.3 is 15.6 Å². The van der Waals surface area contributed by atoms with Gasteiger partial charge in [-0.1, -0.05) is 20.3 Å². The van der Waals surface area contributed by atoms with E-state index in [1.165, 1.54) is 19.3 Å². The third kappa shape index (κ3) is 3.56. The molecule has 0 aliphatic carbocycles. The summed E-state index contributed by atoms with van der Waals surface area (Å²) in [6.45, 7) is 5.46. The second kappa shape index (κ2) is 6.83. The molecule has 6 nitrogen and oxygen atoms in total. The number of rotatable bonds is 5. The summed E-state index contributed by atoms with van der Waals surface area (Å²) in [7, 11) is 0. The lowest BCUT2D eigenvalue weighted by Crippen LogP contribution is -2.44. The normalized spacial score (nSPS) is 16.6. The van der Waals surface area contributed by atoms with Gasteiger partial charge in [-0.15, -0.1) is 10.2 Å². The first-order chi connectivity index (χ1) is 9.59. The molecular weight excluding hydrogens is 254 g/mol. The molecule has 0 radical (unpaired) electrons. The zero-order valence-electron chi connectivity index (χ0n) is 12.4. The summed E-state index contributed by atoms with van der Waals surface area (Å²) in [5, 5.41) is 11.4. The summed E-state index contributed by atoms with van der Waals surface area (Å²) in [5.41, 5.74) is 5.81. The molecule has 6 heteroatoms. The average molecular weight is 279 g/mol. The van der Waals surface area contributed by atoms with Crippen LogP contribution in [-0.4, -0.2) is 33.3 Å². The molecule has 0 fully saturated rings. The van der Waals surface area contributed by atoms with Crippen molar-refractivity contribution in [2.45, 2.75) is 58.5 Å². The minimum Gasteiger partial charge on any atom is -0.354 e. The average Bonchev–Trinajstić information content (AvgIpc) is 2.66. The second-order valence-corrected chi connectivity index (χ2v) is 5.81. The number of nitrogens with zero attached hydrogens (tertiary/aromatic N) is 3. The number of fused-ring (bicyclic) bond motifs is 1. The van der Waals surface area contributed by atoms with E-state index >= 15 is 0 Å². The quantitative estimate of drug-likeness (QED) is 0.828. The molecule has 112 valence electrons. The fraction of sp³-hybridized carbons (Fsp3) is 0.786. The molecule has 0 saturated heterocycles. The number of hydrogen-bond acceptors (Lipinski definition) is 4. The zero-order chi connectivity index (χ0) is 14.5. The summed E-state index contributed by atoms with van der Waals surface area (Å²) in [4.78, 5) is 11.8. The van der Waals surface area contributed by atoms with Gasteiger partial charge in [0.25, 0.3) is 0 Å². The van der Waals surface area contributed by atoms with Gasteiger partial charge in [0, 0.05) is 25.9 Å². The van der Waals surface area contributed by atoms with Crippen LogP contribution in [0.15, 0.2) is 0 Å². The van der Waals surface area contributed by atoms with Gasteiger partial charge in [-0.2, -0.15) is 0 Å². The van der Waals surface area contributed by atoms with Crippen LogP contribution in [0, 0.1) is 5.92 Å². The van der Waals surface area contributed by atoms with Crippen LogP contribution in [-0.2, 0) is 24.2 Å². The molecule has 1 aromatic rings. The highest BCUT2D eigenvalue weighted by Gasteiger charge is 2.18. The van der Waals surface area contributed by atoms with Gasteiger partial charge in [-0.3, -0.25) is 4.79 Å². The summed E-state index contributed by atoms with van der Waals surface area (Å²) in [6, 6.07) is -0.439. The maximum atomic E-state index is 11.8. The Morgan fingerprint density at radius 3 is 2.90 bits per heavy atom. The van der Waals surface area contributed by atoms with E-state index in [-0.39, 0.29) is 11.8 Å². The van der Waals surface area contributed by atoms with Gasteiger partial charge in [0.15, 0.2) is 0 Å². The Balaban J connectivity index is 1.86. The predicted octanol–water partition coefficient (Wildman–Crippen LogP) is 0.647. The van der Waals surface area contributed by atoms with Crippen LogP contribution in [0.2, 0.25) is 0 Å². The van der Waals surface area contributed by atoms with Gasteiger partial charge in [0.1, 0.15) is 11.6 Å². The van der Waals surface area contributed by atoms with Crippen LogP contribution < -0.4 is 11.1 Å². The number of hydrogen-bond donors (Lipinski definition) is 2. The number of carbonyl (C=O) groups excluding carboxylic acids is 1. The summed E-state index contributed by atoms with van der Waals surface area (Å²) in [6.07, 6.45) is 5.35. The molecule has 1 aliphatic rings. The minimum absolute atomic E-state index is 0.0874. The van der Waals surface area contributed by atoms with E-state index in [1.54, 1.807) is 0 Å². The Bertz CT molecular complexity index is 454. The SMILES string of the molecule is CC(C)[C@H](N)C(=O)NCCc1nnc2n1CCCCC2. The van der Waals surface area contributed by atoms with Crippen LogP contribution in [0.3, 0.4) is 0 Å². The van der Waals surface area contributed by atoms with Gasteiger partial charge in [-0.25, -0.2) is 0 Å². The first-order valence-electron chi connectivity index (χ1n) is 7.54. The van der Waals surface area contributed by atoms with E-state index in [1.807, 2.05) is 13.8 Å². The highest BCUT2D eigenvalue weighted by Crippen LogP contribution is 2.14. The Morgan fingerprint density at radius 2 is 2.15 bits per heavy atom. The highest BCUT2D eigenvalue weighted by atomic mass is 16.2. The van der Waals surface area contributed by atoms with Crippen molar-refractivity contribution in [3.05, 3.63) is 11.6 Å². The monoisotopic (exact) mass is 279 g/mol. The maximum absolute atomic E-state index is 11.8. The molecule has 1 atom stereocenters. The van der Waals surface area contributed by atoms with E-state index in [4.69, 9.17) is 5.73 Å². The first-order valence-corrected chi connectivity index (χ1v) is 7.54. The topological polar surface area (TPSA) is 85.8 Å². The van der Waals surface area contributed by atoms with Crippen molar-refractivity contribution in [2.75, 3.05) is 6.54 Å². The van der Waals surface area contributed by atoms with Crippen LogP contribution in [0.5, 0.6) is 0 Å². The van der Waals surface area contributed by atoms with Crippen molar-refractivity contribution >= 4 is 5.91 Å². The summed E-state index contributed by atoms with van der Waals surface area (Å²) >= 11 is 0. The molecule has 1 aromatic heterocycles. The Kier molecular flexibility index (Phi) is 5.11. The standard InChI is InChI=1S/C14H25N5O/c1-10(2)13(15)14(20)16-8-7-12-18-17-11-6-4-3-5-9-19(11)12/h10,13H,3-9,15H2,1-2H3,(H,16,20)/t13-/m0/s1. The number of nitrogens with one attached hydrogen (secondary N) is 1. The largest absolute Gasteiger partial charge is 0.354 e. The van der Waals surface area contributed by atoms with E-state index in [0.29, 0.717) is 13.0 Å². The van der Waals surface area contributed by atoms with E-state index in [0.717, 1.165) is 24.6 Å². The van der Waals surface area contributed by atoms with E-state index in [9.17, 15) is 4.79 Å². The molecule has 2 heterocycles. The van der Waals surface area contributed by atoms with Gasteiger partial charge in [-0.05, 0) is 18.8 Å². The zero-order valence-corrected chi connectivity index (χ0v) is 12.4. The lowest BCUT2D eigenvalue weighted by molar-refractivity contribution is -0.123. The molecule has 0 aromatic carbocycles. The van der Waals surface area contributed by atoms with Crippen molar-refractivity contribution in [2.24, 2.45) is 11.7 Å².